The van der Waals surface area contributed by atoms with E-state index in [1.54, 1.807) is 19.1 Å². The van der Waals surface area contributed by atoms with E-state index >= 15 is 0 Å². The van der Waals surface area contributed by atoms with Crippen molar-refractivity contribution in [1.82, 2.24) is 4.98 Å². The van der Waals surface area contributed by atoms with Crippen LogP contribution in [0.1, 0.15) is 15.9 Å². The minimum atomic E-state index is -1.05. The quantitative estimate of drug-likeness (QED) is 0.927. The molecule has 1 N–H and O–H groups in total. The molecule has 0 amide bonds. The highest BCUT2D eigenvalue weighted by atomic mass is 16.5. The zero-order chi connectivity index (χ0) is 14.7. The van der Waals surface area contributed by atoms with E-state index in [2.05, 4.69) is 4.98 Å². The van der Waals surface area contributed by atoms with E-state index in [4.69, 9.17) is 4.74 Å². The van der Waals surface area contributed by atoms with E-state index < -0.39 is 5.97 Å². The molecule has 0 saturated carbocycles. The van der Waals surface area contributed by atoms with Gasteiger partial charge < -0.3 is 14.7 Å². The largest absolute Gasteiger partial charge is 0.477 e. The summed E-state index contributed by atoms with van der Waals surface area (Å²) < 4.78 is 5.62. The third kappa shape index (κ3) is 2.88. The van der Waals surface area contributed by atoms with Crippen molar-refractivity contribution in [2.24, 2.45) is 0 Å². The normalized spacial score (nSPS) is 10.2. The van der Waals surface area contributed by atoms with Gasteiger partial charge in [-0.2, -0.15) is 0 Å². The highest BCUT2D eigenvalue weighted by Gasteiger charge is 2.16. The summed E-state index contributed by atoms with van der Waals surface area (Å²) in [6.07, 6.45) is 1.53. The molecule has 0 aliphatic rings. The van der Waals surface area contributed by atoms with Gasteiger partial charge in [0.2, 0.25) is 5.88 Å². The number of benzene rings is 1. The zero-order valence-corrected chi connectivity index (χ0v) is 11.6. The van der Waals surface area contributed by atoms with E-state index in [1.165, 1.54) is 6.20 Å². The summed E-state index contributed by atoms with van der Waals surface area (Å²) in [4.78, 5) is 17.2. The van der Waals surface area contributed by atoms with Gasteiger partial charge in [0, 0.05) is 32.0 Å². The van der Waals surface area contributed by atoms with Gasteiger partial charge in [-0.25, -0.2) is 9.78 Å². The first-order chi connectivity index (χ1) is 9.49. The fraction of sp³-hybridized carbons (Fsp3) is 0.200. The Labute approximate surface area is 117 Å². The number of ether oxygens (including phenoxy) is 1. The molecule has 0 bridgehead atoms. The molecule has 5 heteroatoms. The Balaban J connectivity index is 2.38. The Morgan fingerprint density at radius 2 is 2.05 bits per heavy atom. The number of carboxylic acids is 1. The summed E-state index contributed by atoms with van der Waals surface area (Å²) in [5.74, 6) is -0.389. The lowest BCUT2D eigenvalue weighted by Crippen LogP contribution is -2.08. The van der Waals surface area contributed by atoms with Crippen molar-refractivity contribution < 1.29 is 14.6 Å². The molecule has 0 atom stereocenters. The number of hydrogen-bond donors (Lipinski definition) is 1. The smallest absolute Gasteiger partial charge is 0.341 e. The predicted octanol–water partition coefficient (Wildman–Crippen LogP) is 2.95. The van der Waals surface area contributed by atoms with Crippen LogP contribution in [-0.4, -0.2) is 30.2 Å². The van der Waals surface area contributed by atoms with E-state index in [0.29, 0.717) is 11.3 Å². The van der Waals surface area contributed by atoms with Crippen LogP contribution in [0.25, 0.3) is 0 Å². The Bertz CT molecular complexity index is 639. The minimum Gasteiger partial charge on any atom is -0.477 e. The zero-order valence-electron chi connectivity index (χ0n) is 11.6. The van der Waals surface area contributed by atoms with Crippen LogP contribution in [-0.2, 0) is 0 Å². The van der Waals surface area contributed by atoms with Crippen molar-refractivity contribution in [3.05, 3.63) is 47.7 Å². The highest BCUT2D eigenvalue weighted by molar-refractivity contribution is 5.91. The fourth-order valence-corrected chi connectivity index (χ4v) is 1.81. The Morgan fingerprint density at radius 1 is 1.30 bits per heavy atom. The summed E-state index contributed by atoms with van der Waals surface area (Å²) in [6.45, 7) is 1.72. The second-order valence-corrected chi connectivity index (χ2v) is 4.61. The van der Waals surface area contributed by atoms with Crippen LogP contribution in [0.15, 0.2) is 36.5 Å². The lowest BCUT2D eigenvalue weighted by Gasteiger charge is -2.14. The molecule has 0 aliphatic heterocycles. The molecule has 0 aliphatic carbocycles. The second kappa shape index (κ2) is 5.61. The Hall–Kier alpha value is -2.56. The van der Waals surface area contributed by atoms with Crippen molar-refractivity contribution in [2.75, 3.05) is 19.0 Å². The van der Waals surface area contributed by atoms with Gasteiger partial charge in [0.25, 0.3) is 0 Å². The average Bonchev–Trinajstić information content (AvgIpc) is 2.38. The van der Waals surface area contributed by atoms with Crippen LogP contribution in [0.2, 0.25) is 0 Å². The lowest BCUT2D eigenvalue weighted by atomic mass is 10.1. The maximum atomic E-state index is 11.3. The number of aryl methyl sites for hydroxylation is 1. The minimum absolute atomic E-state index is 0.0859. The van der Waals surface area contributed by atoms with Crippen LogP contribution in [0, 0.1) is 6.92 Å². The number of hydrogen-bond acceptors (Lipinski definition) is 4. The predicted molar refractivity (Wildman–Crippen MR) is 76.8 cm³/mol. The molecule has 1 heterocycles. The maximum absolute atomic E-state index is 11.3. The van der Waals surface area contributed by atoms with Crippen LogP contribution < -0.4 is 9.64 Å². The molecule has 104 valence electrons. The number of anilines is 1. The SMILES string of the molecule is Cc1ccnc(Oc2cccc(N(C)C)c2)c1C(=O)O. The van der Waals surface area contributed by atoms with Gasteiger partial charge in [0.05, 0.1) is 0 Å². The number of carbonyl (C=O) groups is 1. The van der Waals surface area contributed by atoms with E-state index in [9.17, 15) is 9.90 Å². The third-order valence-electron chi connectivity index (χ3n) is 2.89. The average molecular weight is 272 g/mol. The third-order valence-corrected chi connectivity index (χ3v) is 2.89. The van der Waals surface area contributed by atoms with E-state index in [-0.39, 0.29) is 11.4 Å². The summed E-state index contributed by atoms with van der Waals surface area (Å²) in [5, 5.41) is 9.24. The molecule has 0 radical (unpaired) electrons. The molecule has 1 aromatic heterocycles. The van der Waals surface area contributed by atoms with Crippen LogP contribution in [0.4, 0.5) is 5.69 Å². The van der Waals surface area contributed by atoms with Gasteiger partial charge in [-0.1, -0.05) is 6.07 Å². The number of nitrogens with zero attached hydrogens (tertiary/aromatic N) is 2. The van der Waals surface area contributed by atoms with Gasteiger partial charge in [-0.05, 0) is 30.7 Å². The molecule has 0 fully saturated rings. The van der Waals surface area contributed by atoms with E-state index in [1.807, 2.05) is 37.2 Å². The van der Waals surface area contributed by atoms with Crippen LogP contribution in [0.3, 0.4) is 0 Å². The van der Waals surface area contributed by atoms with Crippen molar-refractivity contribution in [3.8, 4) is 11.6 Å². The molecular weight excluding hydrogens is 256 g/mol. The molecule has 2 rings (SSSR count). The van der Waals surface area contributed by atoms with Gasteiger partial charge >= 0.3 is 5.97 Å². The van der Waals surface area contributed by atoms with Gasteiger partial charge in [-0.3, -0.25) is 0 Å². The maximum Gasteiger partial charge on any atom is 0.341 e. The van der Waals surface area contributed by atoms with Crippen molar-refractivity contribution in [3.63, 3.8) is 0 Å². The fourth-order valence-electron chi connectivity index (χ4n) is 1.81. The Morgan fingerprint density at radius 3 is 2.70 bits per heavy atom. The lowest BCUT2D eigenvalue weighted by molar-refractivity contribution is 0.0692. The van der Waals surface area contributed by atoms with Crippen molar-refractivity contribution >= 4 is 11.7 Å². The first-order valence-corrected chi connectivity index (χ1v) is 6.13. The topological polar surface area (TPSA) is 62.7 Å². The number of aromatic nitrogens is 1. The molecule has 1 aromatic carbocycles. The summed E-state index contributed by atoms with van der Waals surface area (Å²) in [5.41, 5.74) is 1.67. The van der Waals surface area contributed by atoms with Gasteiger partial charge in [0.1, 0.15) is 11.3 Å². The number of rotatable bonds is 4. The molecule has 20 heavy (non-hydrogen) atoms. The van der Waals surface area contributed by atoms with Crippen LogP contribution in [0.5, 0.6) is 11.6 Å². The summed E-state index contributed by atoms with van der Waals surface area (Å²) in [7, 11) is 3.85. The van der Waals surface area contributed by atoms with Crippen molar-refractivity contribution in [2.45, 2.75) is 6.92 Å². The van der Waals surface area contributed by atoms with Gasteiger partial charge in [0.15, 0.2) is 0 Å². The number of pyridine rings is 1. The molecule has 0 spiro atoms. The first-order valence-electron chi connectivity index (χ1n) is 6.13. The number of aromatic carboxylic acids is 1. The molecule has 5 nitrogen and oxygen atoms in total. The molecule has 0 unspecified atom stereocenters. The highest BCUT2D eigenvalue weighted by Crippen LogP contribution is 2.27. The summed E-state index contributed by atoms with van der Waals surface area (Å²) >= 11 is 0. The standard InChI is InChI=1S/C15H16N2O3/c1-10-7-8-16-14(13(10)15(18)19)20-12-6-4-5-11(9-12)17(2)3/h4-9H,1-3H3,(H,18,19). The molecule has 0 saturated heterocycles. The molecule has 2 aromatic rings. The number of carboxylic acid groups (broad SMARTS) is 1. The van der Waals surface area contributed by atoms with Crippen LogP contribution >= 0.6 is 0 Å². The van der Waals surface area contributed by atoms with Gasteiger partial charge in [-0.15, -0.1) is 0 Å². The first kappa shape index (κ1) is 13.9. The summed E-state index contributed by atoms with van der Waals surface area (Å²) in [6, 6.07) is 9.03. The second-order valence-electron chi connectivity index (χ2n) is 4.61. The Kier molecular flexibility index (Phi) is 3.89. The van der Waals surface area contributed by atoms with E-state index in [0.717, 1.165) is 5.69 Å². The molecular formula is C15H16N2O3. The van der Waals surface area contributed by atoms with Crippen molar-refractivity contribution in [1.29, 1.82) is 0 Å². The monoisotopic (exact) mass is 272 g/mol.